The average molecular weight is 322 g/mol. The largest absolute Gasteiger partial charge is 0.454 e. The van der Waals surface area contributed by atoms with Gasteiger partial charge in [-0.2, -0.15) is 0 Å². The third-order valence-corrected chi connectivity index (χ3v) is 4.74. The molecule has 0 aromatic heterocycles. The van der Waals surface area contributed by atoms with Gasteiger partial charge in [-0.25, -0.2) is 0 Å². The molecule has 1 aliphatic rings. The van der Waals surface area contributed by atoms with Crippen LogP contribution in [-0.2, 0) is 0 Å². The van der Waals surface area contributed by atoms with E-state index < -0.39 is 0 Å². The molecule has 0 bridgehead atoms. The Balaban J connectivity index is 1.68. The Labute approximate surface area is 133 Å². The maximum absolute atomic E-state index is 5.90. The Morgan fingerprint density at radius 3 is 2.67 bits per heavy atom. The number of fused-ring (bicyclic) bond motifs is 1. The van der Waals surface area contributed by atoms with Gasteiger partial charge in [-0.1, -0.05) is 17.7 Å². The maximum Gasteiger partial charge on any atom is 0.231 e. The highest BCUT2D eigenvalue weighted by molar-refractivity contribution is 7.99. The minimum atomic E-state index is 0.250. The van der Waals surface area contributed by atoms with Crippen molar-refractivity contribution in [1.82, 2.24) is 5.32 Å². The van der Waals surface area contributed by atoms with E-state index in [1.165, 1.54) is 10.5 Å². The van der Waals surface area contributed by atoms with Crippen molar-refractivity contribution in [2.75, 3.05) is 19.6 Å². The van der Waals surface area contributed by atoms with Crippen LogP contribution in [0.15, 0.2) is 47.4 Å². The van der Waals surface area contributed by atoms with E-state index in [2.05, 4.69) is 11.4 Å². The van der Waals surface area contributed by atoms with E-state index in [-0.39, 0.29) is 6.04 Å². The number of hydrogen-bond donors (Lipinski definition) is 1. The third-order valence-electron chi connectivity index (χ3n) is 3.38. The molecule has 1 atom stereocenters. The number of halogens is 1. The molecule has 0 saturated carbocycles. The molecule has 3 rings (SSSR count). The van der Waals surface area contributed by atoms with Crippen molar-refractivity contribution in [3.05, 3.63) is 53.1 Å². The van der Waals surface area contributed by atoms with Gasteiger partial charge in [-0.15, -0.1) is 11.8 Å². The summed E-state index contributed by atoms with van der Waals surface area (Å²) in [6.07, 6.45) is 0. The molecular weight excluding hydrogens is 306 g/mol. The lowest BCUT2D eigenvalue weighted by Crippen LogP contribution is -2.18. The molecule has 2 aromatic carbocycles. The van der Waals surface area contributed by atoms with E-state index in [1.807, 2.05) is 43.4 Å². The van der Waals surface area contributed by atoms with Crippen LogP contribution in [0.25, 0.3) is 0 Å². The normalized spacial score (nSPS) is 14.2. The second kappa shape index (κ2) is 6.60. The standard InChI is InChI=1S/C16H16ClNO2S/c1-18-14(9-21-13-5-3-12(17)4-6-13)11-2-7-15-16(8-11)20-10-19-15/h2-8,14,18H,9-10H2,1H3. The lowest BCUT2D eigenvalue weighted by atomic mass is 10.1. The first kappa shape index (κ1) is 14.6. The van der Waals surface area contributed by atoms with Crippen LogP contribution in [-0.4, -0.2) is 19.6 Å². The van der Waals surface area contributed by atoms with Crippen molar-refractivity contribution in [2.45, 2.75) is 10.9 Å². The van der Waals surface area contributed by atoms with Gasteiger partial charge in [0.05, 0.1) is 0 Å². The molecule has 0 fully saturated rings. The van der Waals surface area contributed by atoms with Gasteiger partial charge in [0.25, 0.3) is 0 Å². The summed E-state index contributed by atoms with van der Waals surface area (Å²) in [5.74, 6) is 2.57. The van der Waals surface area contributed by atoms with Gasteiger partial charge in [0, 0.05) is 21.7 Å². The second-order valence-electron chi connectivity index (χ2n) is 4.72. The molecule has 1 unspecified atom stereocenters. The summed E-state index contributed by atoms with van der Waals surface area (Å²) < 4.78 is 10.8. The van der Waals surface area contributed by atoms with Crippen LogP contribution >= 0.6 is 23.4 Å². The zero-order valence-corrected chi connectivity index (χ0v) is 13.2. The molecule has 21 heavy (non-hydrogen) atoms. The van der Waals surface area contributed by atoms with Crippen molar-refractivity contribution in [3.8, 4) is 11.5 Å². The topological polar surface area (TPSA) is 30.5 Å². The minimum absolute atomic E-state index is 0.250. The molecule has 110 valence electrons. The highest BCUT2D eigenvalue weighted by Crippen LogP contribution is 2.35. The van der Waals surface area contributed by atoms with Gasteiger partial charge >= 0.3 is 0 Å². The molecule has 0 spiro atoms. The summed E-state index contributed by atoms with van der Waals surface area (Å²) in [5, 5.41) is 4.11. The van der Waals surface area contributed by atoms with Crippen molar-refractivity contribution < 1.29 is 9.47 Å². The van der Waals surface area contributed by atoms with E-state index >= 15 is 0 Å². The molecule has 0 saturated heterocycles. The zero-order valence-electron chi connectivity index (χ0n) is 11.6. The van der Waals surface area contributed by atoms with Crippen LogP contribution in [0.5, 0.6) is 11.5 Å². The Kier molecular flexibility index (Phi) is 4.58. The predicted octanol–water partition coefficient (Wildman–Crippen LogP) is 4.12. The van der Waals surface area contributed by atoms with Gasteiger partial charge in [0.1, 0.15) is 0 Å². The van der Waals surface area contributed by atoms with Crippen molar-refractivity contribution in [2.24, 2.45) is 0 Å². The van der Waals surface area contributed by atoms with Crippen molar-refractivity contribution >= 4 is 23.4 Å². The fourth-order valence-corrected chi connectivity index (χ4v) is 3.36. The van der Waals surface area contributed by atoms with Crippen LogP contribution in [0.1, 0.15) is 11.6 Å². The van der Waals surface area contributed by atoms with E-state index in [1.54, 1.807) is 11.8 Å². The SMILES string of the molecule is CNC(CSc1ccc(Cl)cc1)c1ccc2c(c1)OCO2. The lowest BCUT2D eigenvalue weighted by Gasteiger charge is -2.16. The third kappa shape index (κ3) is 3.46. The summed E-state index contributed by atoms with van der Waals surface area (Å²) in [6.45, 7) is 0.308. The van der Waals surface area contributed by atoms with Crippen LogP contribution < -0.4 is 14.8 Å². The number of nitrogens with one attached hydrogen (secondary N) is 1. The molecule has 1 heterocycles. The highest BCUT2D eigenvalue weighted by Gasteiger charge is 2.17. The quantitative estimate of drug-likeness (QED) is 0.839. The molecule has 5 heteroatoms. The summed E-state index contributed by atoms with van der Waals surface area (Å²) in [6, 6.07) is 14.3. The minimum Gasteiger partial charge on any atom is -0.454 e. The molecule has 3 nitrogen and oxygen atoms in total. The average Bonchev–Trinajstić information content (AvgIpc) is 2.97. The van der Waals surface area contributed by atoms with E-state index in [0.29, 0.717) is 6.79 Å². The van der Waals surface area contributed by atoms with Gasteiger partial charge in [-0.05, 0) is 49.0 Å². The Morgan fingerprint density at radius 1 is 1.14 bits per heavy atom. The number of rotatable bonds is 5. The van der Waals surface area contributed by atoms with E-state index in [0.717, 1.165) is 22.3 Å². The van der Waals surface area contributed by atoms with Crippen molar-refractivity contribution in [1.29, 1.82) is 0 Å². The molecule has 1 N–H and O–H groups in total. The Hall–Kier alpha value is -1.36. The molecule has 2 aromatic rings. The van der Waals surface area contributed by atoms with E-state index in [9.17, 15) is 0 Å². The molecule has 1 aliphatic heterocycles. The highest BCUT2D eigenvalue weighted by atomic mass is 35.5. The van der Waals surface area contributed by atoms with Crippen LogP contribution in [0.4, 0.5) is 0 Å². The predicted molar refractivity (Wildman–Crippen MR) is 86.5 cm³/mol. The van der Waals surface area contributed by atoms with Gasteiger partial charge in [0.2, 0.25) is 6.79 Å². The van der Waals surface area contributed by atoms with Gasteiger partial charge in [-0.3, -0.25) is 0 Å². The maximum atomic E-state index is 5.90. The van der Waals surface area contributed by atoms with Crippen LogP contribution in [0, 0.1) is 0 Å². The van der Waals surface area contributed by atoms with Gasteiger partial charge < -0.3 is 14.8 Å². The fraction of sp³-hybridized carbons (Fsp3) is 0.250. The van der Waals surface area contributed by atoms with Crippen molar-refractivity contribution in [3.63, 3.8) is 0 Å². The smallest absolute Gasteiger partial charge is 0.231 e. The van der Waals surface area contributed by atoms with Crippen LogP contribution in [0.3, 0.4) is 0 Å². The number of thioether (sulfide) groups is 1. The second-order valence-corrected chi connectivity index (χ2v) is 6.25. The molecule has 0 aliphatic carbocycles. The molecule has 0 radical (unpaired) electrons. The number of benzene rings is 2. The first-order valence-electron chi connectivity index (χ1n) is 6.71. The summed E-state index contributed by atoms with van der Waals surface area (Å²) >= 11 is 7.70. The Morgan fingerprint density at radius 2 is 1.90 bits per heavy atom. The summed E-state index contributed by atoms with van der Waals surface area (Å²) in [4.78, 5) is 1.21. The lowest BCUT2D eigenvalue weighted by molar-refractivity contribution is 0.174. The zero-order chi connectivity index (χ0) is 14.7. The summed E-state index contributed by atoms with van der Waals surface area (Å²) in [5.41, 5.74) is 1.20. The summed E-state index contributed by atoms with van der Waals surface area (Å²) in [7, 11) is 1.97. The first-order chi connectivity index (χ1) is 10.3. The number of ether oxygens (including phenoxy) is 2. The van der Waals surface area contributed by atoms with Crippen LogP contribution in [0.2, 0.25) is 5.02 Å². The number of hydrogen-bond acceptors (Lipinski definition) is 4. The fourth-order valence-electron chi connectivity index (χ4n) is 2.19. The first-order valence-corrected chi connectivity index (χ1v) is 8.08. The molecular formula is C16H16ClNO2S. The molecule has 0 amide bonds. The van der Waals surface area contributed by atoms with Gasteiger partial charge in [0.15, 0.2) is 11.5 Å². The van der Waals surface area contributed by atoms with E-state index in [4.69, 9.17) is 21.1 Å². The monoisotopic (exact) mass is 321 g/mol. The Bertz CT molecular complexity index is 618.